The Labute approximate surface area is 285 Å². The molecule has 2 aliphatic rings. The van der Waals surface area contributed by atoms with Gasteiger partial charge in [0.1, 0.15) is 18.3 Å². The summed E-state index contributed by atoms with van der Waals surface area (Å²) in [6.45, 7) is 38.9. The monoisotopic (exact) mass is 705 g/mol. The second-order valence-corrected chi connectivity index (χ2v) is 33.3. The fraction of sp³-hybridized carbons (Fsp3) is 0.971. The van der Waals surface area contributed by atoms with Crippen LogP contribution in [0.1, 0.15) is 117 Å². The third kappa shape index (κ3) is 8.50. The molecule has 11 heteroatoms. The van der Waals surface area contributed by atoms with E-state index in [1.807, 2.05) is 0 Å². The number of alkyl halides is 1. The van der Waals surface area contributed by atoms with Crippen LogP contribution in [-0.4, -0.2) is 74.5 Å². The van der Waals surface area contributed by atoms with Crippen LogP contribution in [0.25, 0.3) is 0 Å². The topological polar surface area (TPSA) is 79.2 Å². The summed E-state index contributed by atoms with van der Waals surface area (Å²) in [4.78, 5) is 0. The van der Waals surface area contributed by atoms with Crippen LogP contribution in [-0.2, 0) is 27.2 Å². The Balaban J connectivity index is 2.63. The predicted octanol–water partition coefficient (Wildman–Crippen LogP) is 10.0. The van der Waals surface area contributed by atoms with Gasteiger partial charge in [-0.3, -0.25) is 0 Å². The second-order valence-electron chi connectivity index (χ2n) is 18.0. The molecule has 2 fully saturated rings. The van der Waals surface area contributed by atoms with E-state index in [2.05, 4.69) is 123 Å². The van der Waals surface area contributed by atoms with Gasteiger partial charge >= 0.3 is 8.56 Å². The summed E-state index contributed by atoms with van der Waals surface area (Å²) in [6.07, 6.45) is -0.873. The van der Waals surface area contributed by atoms with Gasteiger partial charge in [-0.1, -0.05) is 104 Å². The van der Waals surface area contributed by atoms with Crippen molar-refractivity contribution < 1.29 is 27.2 Å². The highest BCUT2D eigenvalue weighted by atomic mass is 35.5. The maximum Gasteiger partial charge on any atom is 0.349 e. The summed E-state index contributed by atoms with van der Waals surface area (Å²) in [6, 6.07) is 2.46. The van der Waals surface area contributed by atoms with Crippen LogP contribution in [0.2, 0.25) is 44.8 Å². The van der Waals surface area contributed by atoms with Crippen LogP contribution < -0.4 is 0 Å². The van der Waals surface area contributed by atoms with Crippen molar-refractivity contribution in [1.82, 2.24) is 0 Å². The molecule has 0 aromatic carbocycles. The van der Waals surface area contributed by atoms with Crippen LogP contribution >= 0.6 is 11.6 Å². The highest BCUT2D eigenvalue weighted by molar-refractivity contribution is 6.77. The number of halogens is 1. The van der Waals surface area contributed by atoms with E-state index in [4.69, 9.17) is 38.8 Å². The standard InChI is InChI=1S/C34H68ClNO6Si3/c1-24(2)44(25(3)4,26(5)6)41-28-20-34(23-36,39-27(18-19-35)21-37-43(16,17)31(7,8)9)40-29-22-38-45(32(10,11)12,33(13,14)15)42-30(28)29/h24-30H,18-22H2,1-17H3/t27-,28-,29-,30+,34?/m1/s1. The fourth-order valence-corrected chi connectivity index (χ4v) is 19.5. The predicted molar refractivity (Wildman–Crippen MR) is 193 cm³/mol. The van der Waals surface area contributed by atoms with Crippen molar-refractivity contribution in [1.29, 1.82) is 5.26 Å². The molecule has 0 bridgehead atoms. The lowest BCUT2D eigenvalue weighted by molar-refractivity contribution is -0.315. The first-order valence-electron chi connectivity index (χ1n) is 17.2. The molecule has 2 aliphatic heterocycles. The van der Waals surface area contributed by atoms with E-state index in [-0.39, 0.29) is 33.7 Å². The van der Waals surface area contributed by atoms with E-state index in [1.165, 1.54) is 0 Å². The highest BCUT2D eigenvalue weighted by Crippen LogP contribution is 2.56. The zero-order valence-electron chi connectivity index (χ0n) is 31.9. The quantitative estimate of drug-likeness (QED) is 0.148. The Kier molecular flexibility index (Phi) is 13.4. The van der Waals surface area contributed by atoms with Gasteiger partial charge in [0.15, 0.2) is 8.32 Å². The first-order valence-corrected chi connectivity index (χ1v) is 24.6. The van der Waals surface area contributed by atoms with E-state index in [0.29, 0.717) is 42.1 Å². The number of hydrogen-bond acceptors (Lipinski definition) is 7. The molecule has 2 heterocycles. The molecule has 45 heavy (non-hydrogen) atoms. The Bertz CT molecular complexity index is 978. The van der Waals surface area contributed by atoms with Crippen LogP contribution in [0, 0.1) is 11.3 Å². The van der Waals surface area contributed by atoms with Gasteiger partial charge in [-0.05, 0) is 41.2 Å². The Morgan fingerprint density at radius 3 is 1.84 bits per heavy atom. The number of hydrogen-bond donors (Lipinski definition) is 0. The molecular weight excluding hydrogens is 638 g/mol. The number of ether oxygens (including phenoxy) is 2. The lowest BCUT2D eigenvalue weighted by Crippen LogP contribution is -2.71. The van der Waals surface area contributed by atoms with E-state index in [9.17, 15) is 5.26 Å². The van der Waals surface area contributed by atoms with Crippen LogP contribution in [0.3, 0.4) is 0 Å². The van der Waals surface area contributed by atoms with Crippen molar-refractivity contribution in [2.24, 2.45) is 0 Å². The summed E-state index contributed by atoms with van der Waals surface area (Å²) in [7, 11) is -7.30. The van der Waals surface area contributed by atoms with Gasteiger partial charge in [-0.15, -0.1) is 11.6 Å². The van der Waals surface area contributed by atoms with E-state index < -0.39 is 43.2 Å². The van der Waals surface area contributed by atoms with Crippen molar-refractivity contribution in [3.63, 3.8) is 0 Å². The molecule has 2 rings (SSSR count). The Morgan fingerprint density at radius 1 is 0.933 bits per heavy atom. The second kappa shape index (κ2) is 14.6. The minimum atomic E-state index is -2.85. The fourth-order valence-electron chi connectivity index (χ4n) is 7.64. The molecule has 0 N–H and O–H groups in total. The molecule has 7 nitrogen and oxygen atoms in total. The average Bonchev–Trinajstić information content (AvgIpc) is 2.87. The third-order valence-corrected chi connectivity index (χ3v) is 26.7. The van der Waals surface area contributed by atoms with Crippen molar-refractivity contribution in [2.75, 3.05) is 19.1 Å². The number of nitriles is 1. The smallest absolute Gasteiger partial charge is 0.349 e. The molecule has 0 aromatic heterocycles. The maximum atomic E-state index is 10.8. The van der Waals surface area contributed by atoms with Crippen molar-refractivity contribution in [3.05, 3.63) is 0 Å². The van der Waals surface area contributed by atoms with Crippen molar-refractivity contribution in [2.45, 2.75) is 192 Å². The molecule has 5 atom stereocenters. The van der Waals surface area contributed by atoms with Crippen LogP contribution in [0.15, 0.2) is 0 Å². The van der Waals surface area contributed by atoms with Gasteiger partial charge in [-0.2, -0.15) is 5.26 Å². The number of rotatable bonds is 12. The molecule has 0 radical (unpaired) electrons. The highest BCUT2D eigenvalue weighted by Gasteiger charge is 2.66. The summed E-state index contributed by atoms with van der Waals surface area (Å²) in [5.41, 5.74) is 1.10. The molecule has 264 valence electrons. The minimum Gasteiger partial charge on any atom is -0.414 e. The molecule has 2 saturated heterocycles. The largest absolute Gasteiger partial charge is 0.414 e. The summed E-state index contributed by atoms with van der Waals surface area (Å²) in [5, 5.41) is 10.5. The van der Waals surface area contributed by atoms with Crippen molar-refractivity contribution >= 4 is 36.8 Å². The lowest BCUT2D eigenvalue weighted by atomic mass is 9.96. The Hall–Kier alpha value is 0.191. The first-order chi connectivity index (χ1) is 20.3. The molecule has 0 aliphatic carbocycles. The molecular formula is C34H68ClNO6Si3. The van der Waals surface area contributed by atoms with Gasteiger partial charge in [0.2, 0.25) is 8.32 Å². The van der Waals surface area contributed by atoms with Gasteiger partial charge in [0.05, 0.1) is 25.4 Å². The number of fused-ring (bicyclic) bond motifs is 1. The van der Waals surface area contributed by atoms with Gasteiger partial charge in [-0.25, -0.2) is 0 Å². The SMILES string of the molecule is CC(C)[Si](O[C@@H]1CC(C#N)(O[C@H](CCCl)CO[Si](C)(C)C(C)(C)C)O[C@@H]2CO[Si](C(C)(C)C)(C(C)(C)C)O[C@H]21)(C(C)C)C(C)C. The lowest BCUT2D eigenvalue weighted by Gasteiger charge is -2.59. The Morgan fingerprint density at radius 2 is 1.44 bits per heavy atom. The summed E-state index contributed by atoms with van der Waals surface area (Å²) < 4.78 is 41.6. The summed E-state index contributed by atoms with van der Waals surface area (Å²) in [5.74, 6) is -1.15. The van der Waals surface area contributed by atoms with Crippen molar-refractivity contribution in [3.8, 4) is 6.07 Å². The molecule has 0 aromatic rings. The first kappa shape index (κ1) is 41.4. The molecule has 0 spiro atoms. The molecule has 0 amide bonds. The minimum absolute atomic E-state index is 0.0463. The van der Waals surface area contributed by atoms with Crippen LogP contribution in [0.4, 0.5) is 0 Å². The molecule has 1 unspecified atom stereocenters. The molecule has 0 saturated carbocycles. The number of nitrogens with zero attached hydrogens (tertiary/aromatic N) is 1. The van der Waals surface area contributed by atoms with E-state index in [1.54, 1.807) is 0 Å². The van der Waals surface area contributed by atoms with Gasteiger partial charge in [0.25, 0.3) is 5.79 Å². The zero-order chi connectivity index (χ0) is 35.0. The zero-order valence-corrected chi connectivity index (χ0v) is 35.6. The maximum absolute atomic E-state index is 10.8. The third-order valence-electron chi connectivity index (χ3n) is 10.7. The van der Waals surface area contributed by atoms with Crippen LogP contribution in [0.5, 0.6) is 0 Å². The van der Waals surface area contributed by atoms with E-state index >= 15 is 0 Å². The average molecular weight is 707 g/mol. The van der Waals surface area contributed by atoms with E-state index in [0.717, 1.165) is 0 Å². The summed E-state index contributed by atoms with van der Waals surface area (Å²) >= 11 is 6.29. The van der Waals surface area contributed by atoms with Gasteiger partial charge < -0.3 is 27.2 Å². The normalized spacial score (nSPS) is 27.5. The van der Waals surface area contributed by atoms with Gasteiger partial charge in [0, 0.05) is 22.4 Å².